The fourth-order valence-electron chi connectivity index (χ4n) is 0.987. The van der Waals surface area contributed by atoms with Gasteiger partial charge in [-0.1, -0.05) is 0 Å². The van der Waals surface area contributed by atoms with Crippen LogP contribution < -0.4 is 11.5 Å². The lowest BCUT2D eigenvalue weighted by Crippen LogP contribution is -2.06. The minimum Gasteiger partial charge on any atom is -0.369 e. The second-order valence-electron chi connectivity index (χ2n) is 2.32. The number of nitrogens with zero attached hydrogens (tertiary/aromatic N) is 5. The lowest BCUT2D eigenvalue weighted by Gasteiger charge is -1.98. The molecule has 62 valence electrons. The molecule has 0 saturated carbocycles. The predicted octanol–water partition coefficient (Wildman–Crippen LogP) is -1.01. The summed E-state index contributed by atoms with van der Waals surface area (Å²) < 4.78 is 1.52. The monoisotopic (exact) mass is 165 g/mol. The van der Waals surface area contributed by atoms with Crippen molar-refractivity contribution < 1.29 is 0 Å². The van der Waals surface area contributed by atoms with Crippen LogP contribution in [0, 0.1) is 6.92 Å². The second kappa shape index (κ2) is 2.03. The molecule has 0 radical (unpaired) electrons. The van der Waals surface area contributed by atoms with Gasteiger partial charge in [0.1, 0.15) is 5.82 Å². The molecular weight excluding hydrogens is 158 g/mol. The van der Waals surface area contributed by atoms with Crippen LogP contribution in [0.25, 0.3) is 5.78 Å². The number of rotatable bonds is 0. The van der Waals surface area contributed by atoms with E-state index in [1.54, 1.807) is 6.92 Å². The maximum Gasteiger partial charge on any atom is 0.261 e. The molecule has 0 aliphatic rings. The topological polar surface area (TPSA) is 108 Å². The molecule has 0 aliphatic heterocycles. The number of anilines is 2. The molecule has 0 fully saturated rings. The summed E-state index contributed by atoms with van der Waals surface area (Å²) in [6, 6.07) is 0. The summed E-state index contributed by atoms with van der Waals surface area (Å²) in [6.45, 7) is 1.76. The Bertz CT molecular complexity index is 431. The van der Waals surface area contributed by atoms with Gasteiger partial charge in [0, 0.05) is 0 Å². The zero-order valence-electron chi connectivity index (χ0n) is 6.39. The Hall–Kier alpha value is -1.92. The average Bonchev–Trinajstić information content (AvgIpc) is 2.31. The van der Waals surface area contributed by atoms with Crippen LogP contribution in [0.3, 0.4) is 0 Å². The van der Waals surface area contributed by atoms with E-state index >= 15 is 0 Å². The first-order valence-electron chi connectivity index (χ1n) is 3.29. The Balaban J connectivity index is 2.93. The van der Waals surface area contributed by atoms with E-state index in [0.29, 0.717) is 11.6 Å². The average molecular weight is 165 g/mol. The van der Waals surface area contributed by atoms with Gasteiger partial charge in [-0.15, -0.1) is 10.2 Å². The van der Waals surface area contributed by atoms with Gasteiger partial charge in [0.2, 0.25) is 11.9 Å². The largest absolute Gasteiger partial charge is 0.369 e. The number of nitrogen functional groups attached to an aromatic ring is 2. The van der Waals surface area contributed by atoms with Crippen LogP contribution in [-0.2, 0) is 0 Å². The van der Waals surface area contributed by atoms with Gasteiger partial charge in [0.05, 0.1) is 0 Å². The van der Waals surface area contributed by atoms with Crippen molar-refractivity contribution in [1.82, 2.24) is 24.6 Å². The van der Waals surface area contributed by atoms with Crippen molar-refractivity contribution >= 4 is 17.7 Å². The molecule has 2 rings (SSSR count). The standard InChI is InChI=1S/C5H7N7/c1-2-10-11-5-9-3(6)8-4(7)12(2)5/h1H3,(H4,6,7,8,9,11). The molecule has 2 aromatic rings. The smallest absolute Gasteiger partial charge is 0.261 e. The predicted molar refractivity (Wildman–Crippen MR) is 42.1 cm³/mol. The van der Waals surface area contributed by atoms with Crippen LogP contribution in [0.15, 0.2) is 0 Å². The van der Waals surface area contributed by atoms with Crippen molar-refractivity contribution in [3.63, 3.8) is 0 Å². The molecule has 7 nitrogen and oxygen atoms in total. The molecule has 7 heteroatoms. The Morgan fingerprint density at radius 1 is 1.17 bits per heavy atom. The van der Waals surface area contributed by atoms with E-state index in [4.69, 9.17) is 11.5 Å². The molecule has 0 bridgehead atoms. The summed E-state index contributed by atoms with van der Waals surface area (Å²) in [6.07, 6.45) is 0. The third kappa shape index (κ3) is 0.760. The molecule has 0 aromatic carbocycles. The molecule has 2 aromatic heterocycles. The Kier molecular flexibility index (Phi) is 1.15. The first-order valence-corrected chi connectivity index (χ1v) is 3.29. The van der Waals surface area contributed by atoms with Crippen molar-refractivity contribution in [2.45, 2.75) is 6.92 Å². The van der Waals surface area contributed by atoms with Crippen LogP contribution in [-0.4, -0.2) is 24.6 Å². The maximum absolute atomic E-state index is 5.55. The normalized spacial score (nSPS) is 10.8. The van der Waals surface area contributed by atoms with Crippen LogP contribution in [0.4, 0.5) is 11.9 Å². The minimum absolute atomic E-state index is 0.104. The van der Waals surface area contributed by atoms with E-state index in [2.05, 4.69) is 20.2 Å². The summed E-state index contributed by atoms with van der Waals surface area (Å²) >= 11 is 0. The highest BCUT2D eigenvalue weighted by Crippen LogP contribution is 2.06. The second-order valence-corrected chi connectivity index (χ2v) is 2.32. The highest BCUT2D eigenvalue weighted by Gasteiger charge is 2.06. The lowest BCUT2D eigenvalue weighted by molar-refractivity contribution is 0.984. The number of fused-ring (bicyclic) bond motifs is 1. The molecule has 0 unspecified atom stereocenters. The van der Waals surface area contributed by atoms with Gasteiger partial charge in [-0.3, -0.25) is 0 Å². The van der Waals surface area contributed by atoms with E-state index < -0.39 is 0 Å². The van der Waals surface area contributed by atoms with E-state index in [0.717, 1.165) is 0 Å². The number of aryl methyl sites for hydroxylation is 1. The molecule has 0 saturated heterocycles. The van der Waals surface area contributed by atoms with Gasteiger partial charge in [-0.2, -0.15) is 9.97 Å². The van der Waals surface area contributed by atoms with Crippen molar-refractivity contribution in [2.24, 2.45) is 0 Å². The third-order valence-corrected chi connectivity index (χ3v) is 1.48. The summed E-state index contributed by atoms with van der Waals surface area (Å²) in [5.41, 5.74) is 10.9. The van der Waals surface area contributed by atoms with Gasteiger partial charge in [-0.25, -0.2) is 4.40 Å². The molecule has 0 spiro atoms. The van der Waals surface area contributed by atoms with Crippen LogP contribution in [0.5, 0.6) is 0 Å². The molecule has 2 heterocycles. The summed E-state index contributed by atoms with van der Waals surface area (Å²) in [4.78, 5) is 7.60. The highest BCUT2D eigenvalue weighted by molar-refractivity contribution is 5.41. The fourth-order valence-corrected chi connectivity index (χ4v) is 0.987. The molecule has 4 N–H and O–H groups in total. The summed E-state index contributed by atoms with van der Waals surface area (Å²) in [7, 11) is 0. The molecule has 0 amide bonds. The minimum atomic E-state index is 0.104. The first kappa shape index (κ1) is 6.77. The zero-order chi connectivity index (χ0) is 8.72. The Labute approximate surface area is 67.4 Å². The quantitative estimate of drug-likeness (QED) is 0.518. The van der Waals surface area contributed by atoms with E-state index in [9.17, 15) is 0 Å². The molecular formula is C5H7N7. The molecule has 0 atom stereocenters. The fraction of sp³-hybridized carbons (Fsp3) is 0.200. The number of nitrogens with two attached hydrogens (primary N) is 2. The SMILES string of the molecule is Cc1nnc2nc(N)nc(N)n12. The maximum atomic E-state index is 5.55. The van der Waals surface area contributed by atoms with Crippen molar-refractivity contribution in [2.75, 3.05) is 11.5 Å². The summed E-state index contributed by atoms with van der Waals surface area (Å²) in [5.74, 6) is 1.37. The van der Waals surface area contributed by atoms with E-state index in [-0.39, 0.29) is 11.9 Å². The Morgan fingerprint density at radius 3 is 2.67 bits per heavy atom. The van der Waals surface area contributed by atoms with Gasteiger partial charge in [0.15, 0.2) is 0 Å². The van der Waals surface area contributed by atoms with E-state index in [1.807, 2.05) is 0 Å². The summed E-state index contributed by atoms with van der Waals surface area (Å²) in [5, 5.41) is 7.51. The van der Waals surface area contributed by atoms with Crippen molar-refractivity contribution in [3.05, 3.63) is 5.82 Å². The van der Waals surface area contributed by atoms with Gasteiger partial charge < -0.3 is 11.5 Å². The van der Waals surface area contributed by atoms with Gasteiger partial charge >= 0.3 is 0 Å². The number of aromatic nitrogens is 5. The number of hydrogen-bond acceptors (Lipinski definition) is 6. The van der Waals surface area contributed by atoms with Crippen molar-refractivity contribution in [3.8, 4) is 0 Å². The van der Waals surface area contributed by atoms with Crippen LogP contribution in [0.1, 0.15) is 5.82 Å². The zero-order valence-corrected chi connectivity index (χ0v) is 6.39. The lowest BCUT2D eigenvalue weighted by atomic mass is 10.7. The van der Waals surface area contributed by atoms with Gasteiger partial charge in [0.25, 0.3) is 5.78 Å². The Morgan fingerprint density at radius 2 is 1.92 bits per heavy atom. The number of hydrogen-bond donors (Lipinski definition) is 2. The van der Waals surface area contributed by atoms with Gasteiger partial charge in [-0.05, 0) is 6.92 Å². The first-order chi connectivity index (χ1) is 5.68. The van der Waals surface area contributed by atoms with Crippen LogP contribution in [0.2, 0.25) is 0 Å². The molecule has 12 heavy (non-hydrogen) atoms. The van der Waals surface area contributed by atoms with Crippen molar-refractivity contribution in [1.29, 1.82) is 0 Å². The third-order valence-electron chi connectivity index (χ3n) is 1.48. The van der Waals surface area contributed by atoms with E-state index in [1.165, 1.54) is 4.40 Å². The highest BCUT2D eigenvalue weighted by atomic mass is 15.3. The van der Waals surface area contributed by atoms with Crippen LogP contribution >= 0.6 is 0 Å². The molecule has 0 aliphatic carbocycles.